The first-order chi connectivity index (χ1) is 37.9. The Balaban J connectivity index is 0.901. The first-order valence-electron chi connectivity index (χ1n) is 27.8. The lowest BCUT2D eigenvalue weighted by molar-refractivity contribution is -0.137. The summed E-state index contributed by atoms with van der Waals surface area (Å²) in [6.07, 6.45) is 5.80. The number of amides is 4. The Bertz CT molecular complexity index is 3130. The summed E-state index contributed by atoms with van der Waals surface area (Å²) >= 11 is 0. The smallest absolute Gasteiger partial charge is 0.407 e. The van der Waals surface area contributed by atoms with Gasteiger partial charge in [0.05, 0.1) is 60.5 Å². The minimum Gasteiger partial charge on any atom is -0.453 e. The van der Waals surface area contributed by atoms with E-state index in [2.05, 4.69) is 37.6 Å². The normalized spacial score (nSPS) is 22.1. The predicted octanol–water partition coefficient (Wildman–Crippen LogP) is 10.0. The van der Waals surface area contributed by atoms with Gasteiger partial charge >= 0.3 is 12.2 Å². The zero-order valence-electron chi connectivity index (χ0n) is 44.8. The van der Waals surface area contributed by atoms with Gasteiger partial charge in [0.25, 0.3) is 0 Å². The fourth-order valence-corrected chi connectivity index (χ4v) is 13.1. The summed E-state index contributed by atoms with van der Waals surface area (Å²) in [6, 6.07) is 22.6. The number of ether oxygens (including phenoxy) is 3. The first kappa shape index (κ1) is 52.8. The van der Waals surface area contributed by atoms with Gasteiger partial charge in [-0.15, -0.1) is 0 Å². The number of H-pyrrole nitrogens is 2. The number of methoxy groups -OCH3 is 2. The Hall–Kier alpha value is -7.28. The van der Waals surface area contributed by atoms with Crippen molar-refractivity contribution in [2.75, 3.05) is 63.4 Å². The number of rotatable bonds is 13. The summed E-state index contributed by atoms with van der Waals surface area (Å²) in [5, 5.41) is 5.55. The molecule has 4 aromatic carbocycles. The van der Waals surface area contributed by atoms with Crippen LogP contribution in [0, 0.1) is 23.5 Å². The van der Waals surface area contributed by atoms with Crippen molar-refractivity contribution in [1.82, 2.24) is 40.4 Å². The van der Waals surface area contributed by atoms with E-state index < -0.39 is 35.9 Å². The molecule has 5 aliphatic rings. The molecule has 5 fully saturated rings. The summed E-state index contributed by atoms with van der Waals surface area (Å²) in [7, 11) is 2.57. The maximum atomic E-state index is 16.9. The van der Waals surface area contributed by atoms with Gasteiger partial charge in [-0.1, -0.05) is 56.3 Å². The molecule has 6 aromatic rings. The fraction of sp³-hybridized carbons (Fsp3) is 0.492. The number of likely N-dealkylation sites (tertiary alicyclic amines) is 2. The topological polar surface area (TPSA) is 190 Å². The van der Waals surface area contributed by atoms with Crippen LogP contribution in [0.25, 0.3) is 22.1 Å². The summed E-state index contributed by atoms with van der Waals surface area (Å²) in [6.45, 7) is 6.89. The lowest BCUT2D eigenvalue weighted by Crippen LogP contribution is -2.53. The van der Waals surface area contributed by atoms with Crippen LogP contribution in [0.1, 0.15) is 136 Å². The van der Waals surface area contributed by atoms with E-state index in [9.17, 15) is 19.2 Å². The van der Waals surface area contributed by atoms with Crippen molar-refractivity contribution in [2.24, 2.45) is 11.8 Å². The number of imidazole rings is 2. The van der Waals surface area contributed by atoms with Crippen molar-refractivity contribution >= 4 is 57.4 Å². The lowest BCUT2D eigenvalue weighted by atomic mass is 9.89. The van der Waals surface area contributed by atoms with E-state index in [1.54, 1.807) is 4.90 Å². The number of alkyl carbamates (subject to hydrolysis) is 2. The second-order valence-electron chi connectivity index (χ2n) is 22.0. The van der Waals surface area contributed by atoms with Crippen LogP contribution in [0.2, 0.25) is 0 Å². The van der Waals surface area contributed by atoms with Crippen LogP contribution in [0.4, 0.5) is 29.7 Å². The van der Waals surface area contributed by atoms with E-state index in [0.717, 1.165) is 47.8 Å². The Morgan fingerprint density at radius 3 is 1.71 bits per heavy atom. The van der Waals surface area contributed by atoms with Gasteiger partial charge in [0, 0.05) is 45.1 Å². The SMILES string of the molecule is COC(=O)N[C@H](C(=O)N1CCC[C@H]1c1nc2cc([C@H]3CC[C@H](c4ccc5[nH]c([C@@H]6CCCN6C(=O)[C@@H](NC(=O)OC)C6CCOCC6)nc5c4)N3c3cc(F)c(N4CCC(c5ccccc5)CC4)c(F)c3)ccc2[nH]1)C(C)C. The molecule has 19 heteroatoms. The molecule has 5 aliphatic heterocycles. The van der Waals surface area contributed by atoms with E-state index in [-0.39, 0.29) is 53.5 Å². The lowest BCUT2D eigenvalue weighted by Gasteiger charge is -2.36. The monoisotopic (exact) mass is 1070 g/mol. The van der Waals surface area contributed by atoms with Crippen LogP contribution in [0.15, 0.2) is 78.9 Å². The molecule has 0 radical (unpaired) electrons. The van der Waals surface area contributed by atoms with E-state index in [1.165, 1.54) is 31.9 Å². The second kappa shape index (κ2) is 22.6. The van der Waals surface area contributed by atoms with Crippen LogP contribution in [-0.2, 0) is 23.8 Å². The molecule has 7 heterocycles. The average Bonchev–Trinajstić information content (AvgIpc) is 4.40. The van der Waals surface area contributed by atoms with E-state index in [1.807, 2.05) is 78.2 Å². The number of aromatic amines is 2. The molecule has 4 amide bonds. The summed E-state index contributed by atoms with van der Waals surface area (Å²) in [5.41, 5.74) is 6.50. The standard InChI is InChI=1S/C59H70F2N10O7/c1-34(2)51(66-58(74)76-3)56(72)69-24-8-12-49(69)54-62-43-16-14-38(30-45(43)64-54)47-18-19-48(71(47)40-32-41(60)53(42(61)33-40)68-26-20-36(21-27-68)35-10-6-5-7-11-35)39-15-17-44-46(31-39)65-55(63-44)50-13-9-25-70(50)57(73)52(67-59(75)77-4)37-22-28-78-29-23-37/h5-7,10-11,14-17,30-34,36-37,47-52H,8-9,12-13,18-29H2,1-4H3,(H,62,64)(H,63,65)(H,66,74)(H,67,75)/t47-,48-,49+,50+,51+,52+/m1/s1. The summed E-state index contributed by atoms with van der Waals surface area (Å²) in [5.74, 6) is -0.240. The van der Waals surface area contributed by atoms with Crippen LogP contribution >= 0.6 is 0 Å². The molecule has 6 atom stereocenters. The number of hydrogen-bond donors (Lipinski definition) is 4. The van der Waals surface area contributed by atoms with E-state index >= 15 is 8.78 Å². The highest BCUT2D eigenvalue weighted by molar-refractivity contribution is 5.88. The Labute approximate surface area is 452 Å². The summed E-state index contributed by atoms with van der Waals surface area (Å²) in [4.78, 5) is 78.0. The number of anilines is 2. The van der Waals surface area contributed by atoms with Crippen molar-refractivity contribution in [3.05, 3.63) is 119 Å². The molecule has 5 saturated heterocycles. The fourth-order valence-electron chi connectivity index (χ4n) is 13.1. The second-order valence-corrected chi connectivity index (χ2v) is 22.0. The van der Waals surface area contributed by atoms with Crippen molar-refractivity contribution in [3.8, 4) is 0 Å². The number of benzene rings is 4. The molecule has 0 saturated carbocycles. The van der Waals surface area contributed by atoms with Gasteiger partial charge in [-0.25, -0.2) is 28.3 Å². The highest BCUT2D eigenvalue weighted by Gasteiger charge is 2.42. The van der Waals surface area contributed by atoms with Gasteiger partial charge in [0.15, 0.2) is 11.6 Å². The quantitative estimate of drug-likeness (QED) is 0.0861. The number of carbonyl (C=O) groups is 4. The molecule has 4 N–H and O–H groups in total. The first-order valence-corrected chi connectivity index (χ1v) is 27.8. The molecule has 0 aliphatic carbocycles. The highest BCUT2D eigenvalue weighted by atomic mass is 19.1. The van der Waals surface area contributed by atoms with E-state index in [0.29, 0.717) is 112 Å². The third-order valence-corrected chi connectivity index (χ3v) is 17.1. The van der Waals surface area contributed by atoms with E-state index in [4.69, 9.17) is 24.2 Å². The Morgan fingerprint density at radius 1 is 0.628 bits per heavy atom. The molecular weight excluding hydrogens is 999 g/mol. The maximum absolute atomic E-state index is 16.9. The summed E-state index contributed by atoms with van der Waals surface area (Å²) < 4.78 is 49.1. The van der Waals surface area contributed by atoms with Crippen LogP contribution in [0.5, 0.6) is 0 Å². The molecule has 2 aromatic heterocycles. The molecule has 412 valence electrons. The minimum atomic E-state index is -0.770. The number of nitrogens with one attached hydrogen (secondary N) is 4. The molecule has 11 rings (SSSR count). The van der Waals surface area contributed by atoms with Gasteiger partial charge in [0.2, 0.25) is 11.8 Å². The number of piperidine rings is 1. The largest absolute Gasteiger partial charge is 0.453 e. The van der Waals surface area contributed by atoms with Gasteiger partial charge in [0.1, 0.15) is 29.4 Å². The van der Waals surface area contributed by atoms with Gasteiger partial charge in [-0.05, 0) is 135 Å². The highest BCUT2D eigenvalue weighted by Crippen LogP contribution is 2.49. The average molecular weight is 1070 g/mol. The van der Waals surface area contributed by atoms with Crippen LogP contribution in [-0.4, -0.2) is 119 Å². The molecule has 0 spiro atoms. The number of hydrogen-bond acceptors (Lipinski definition) is 11. The zero-order valence-corrected chi connectivity index (χ0v) is 44.8. The van der Waals surface area contributed by atoms with Gasteiger partial charge in [-0.3, -0.25) is 9.59 Å². The number of fused-ring (bicyclic) bond motifs is 2. The minimum absolute atomic E-state index is 0.00618. The third-order valence-electron chi connectivity index (χ3n) is 17.1. The van der Waals surface area contributed by atoms with Crippen molar-refractivity contribution in [1.29, 1.82) is 0 Å². The molecule has 0 bridgehead atoms. The number of aromatic nitrogens is 4. The number of halogens is 2. The molecule has 0 unspecified atom stereocenters. The van der Waals surface area contributed by atoms with Crippen molar-refractivity contribution in [2.45, 2.75) is 120 Å². The molecule has 17 nitrogen and oxygen atoms in total. The molecular formula is C59H70F2N10O7. The molecule has 78 heavy (non-hydrogen) atoms. The van der Waals surface area contributed by atoms with Crippen LogP contribution < -0.4 is 20.4 Å². The predicted molar refractivity (Wildman–Crippen MR) is 291 cm³/mol. The van der Waals surface area contributed by atoms with Crippen molar-refractivity contribution < 1.29 is 42.2 Å². The van der Waals surface area contributed by atoms with Crippen molar-refractivity contribution in [3.63, 3.8) is 0 Å². The Morgan fingerprint density at radius 2 is 1.17 bits per heavy atom. The third kappa shape index (κ3) is 10.4. The maximum Gasteiger partial charge on any atom is 0.407 e. The van der Waals surface area contributed by atoms with Crippen LogP contribution in [0.3, 0.4) is 0 Å². The van der Waals surface area contributed by atoms with Gasteiger partial charge in [-0.2, -0.15) is 0 Å². The zero-order chi connectivity index (χ0) is 54.2. The Kier molecular flexibility index (Phi) is 15.3. The number of carbonyl (C=O) groups excluding carboxylic acids is 4. The number of nitrogens with zero attached hydrogens (tertiary/aromatic N) is 6. The van der Waals surface area contributed by atoms with Gasteiger partial charge < -0.3 is 54.4 Å².